The van der Waals surface area contributed by atoms with Crippen LogP contribution in [0.5, 0.6) is 0 Å². The van der Waals surface area contributed by atoms with E-state index in [9.17, 15) is 0 Å². The number of rotatable bonds is 4. The van der Waals surface area contributed by atoms with E-state index in [4.69, 9.17) is 11.6 Å². The third-order valence-electron chi connectivity index (χ3n) is 4.09. The summed E-state index contributed by atoms with van der Waals surface area (Å²) in [4.78, 5) is 0. The Hall–Kier alpha value is -0.530. The van der Waals surface area contributed by atoms with E-state index >= 15 is 0 Å². The van der Waals surface area contributed by atoms with E-state index in [-0.39, 0.29) is 0 Å². The molecule has 1 aromatic rings. The quantitative estimate of drug-likeness (QED) is 0.811. The van der Waals surface area contributed by atoms with E-state index in [2.05, 4.69) is 38.2 Å². The Balaban J connectivity index is 2.00. The maximum Gasteiger partial charge on any atom is 0.0406 e. The average Bonchev–Trinajstić information content (AvgIpc) is 2.67. The van der Waals surface area contributed by atoms with Gasteiger partial charge in [-0.05, 0) is 48.8 Å². The summed E-state index contributed by atoms with van der Waals surface area (Å²) in [6.45, 7) is 6.99. The van der Waals surface area contributed by atoms with E-state index < -0.39 is 0 Å². The second kappa shape index (κ2) is 5.63. The normalized spacial score (nSPS) is 24.1. The first-order chi connectivity index (χ1) is 8.50. The van der Waals surface area contributed by atoms with Crippen LogP contribution in [0.1, 0.15) is 58.1 Å². The Labute approximate surface area is 116 Å². The van der Waals surface area contributed by atoms with Gasteiger partial charge in [-0.25, -0.2) is 0 Å². The predicted octanol–water partition coefficient (Wildman–Crippen LogP) is 4.96. The van der Waals surface area contributed by atoms with Crippen molar-refractivity contribution in [2.45, 2.75) is 58.5 Å². The van der Waals surface area contributed by atoms with E-state index in [1.165, 1.54) is 24.8 Å². The number of hydrogen-bond acceptors (Lipinski definition) is 1. The highest BCUT2D eigenvalue weighted by atomic mass is 35.5. The molecule has 0 heterocycles. The lowest BCUT2D eigenvalue weighted by Gasteiger charge is -2.24. The van der Waals surface area contributed by atoms with Crippen molar-refractivity contribution in [3.05, 3.63) is 34.9 Å². The van der Waals surface area contributed by atoms with Gasteiger partial charge in [0.25, 0.3) is 0 Å². The van der Waals surface area contributed by atoms with Crippen LogP contribution in [0.15, 0.2) is 24.3 Å². The summed E-state index contributed by atoms with van der Waals surface area (Å²) in [6, 6.07) is 9.38. The molecule has 1 N–H and O–H groups in total. The molecule has 0 bridgehead atoms. The first-order valence-electron chi connectivity index (χ1n) is 7.02. The van der Waals surface area contributed by atoms with Crippen LogP contribution in [0.2, 0.25) is 5.02 Å². The van der Waals surface area contributed by atoms with Crippen LogP contribution < -0.4 is 5.32 Å². The molecule has 1 aliphatic carbocycles. The average molecular weight is 266 g/mol. The first kappa shape index (κ1) is 13.9. The molecule has 1 nitrogen and oxygen atoms in total. The van der Waals surface area contributed by atoms with Crippen LogP contribution in [0.4, 0.5) is 0 Å². The lowest BCUT2D eigenvalue weighted by Crippen LogP contribution is -2.31. The van der Waals surface area contributed by atoms with Crippen molar-refractivity contribution >= 4 is 11.6 Å². The minimum Gasteiger partial charge on any atom is -0.307 e. The molecule has 100 valence electrons. The smallest absolute Gasteiger partial charge is 0.0406 e. The predicted molar refractivity (Wildman–Crippen MR) is 79.0 cm³/mol. The highest BCUT2D eigenvalue weighted by molar-refractivity contribution is 6.30. The van der Waals surface area contributed by atoms with E-state index in [0.717, 1.165) is 11.4 Å². The maximum atomic E-state index is 5.95. The van der Waals surface area contributed by atoms with Crippen LogP contribution >= 0.6 is 11.6 Å². The second-order valence-electron chi connectivity index (χ2n) is 6.28. The van der Waals surface area contributed by atoms with Gasteiger partial charge in [-0.2, -0.15) is 0 Å². The van der Waals surface area contributed by atoms with Gasteiger partial charge in [0.1, 0.15) is 0 Å². The largest absolute Gasteiger partial charge is 0.307 e. The van der Waals surface area contributed by atoms with Gasteiger partial charge in [0.15, 0.2) is 0 Å². The summed E-state index contributed by atoms with van der Waals surface area (Å²) in [5, 5.41) is 4.63. The third-order valence-corrected chi connectivity index (χ3v) is 4.34. The lowest BCUT2D eigenvalue weighted by molar-refractivity contribution is 0.350. The van der Waals surface area contributed by atoms with Crippen LogP contribution in [-0.4, -0.2) is 6.04 Å². The van der Waals surface area contributed by atoms with Crippen molar-refractivity contribution in [3.63, 3.8) is 0 Å². The monoisotopic (exact) mass is 265 g/mol. The van der Waals surface area contributed by atoms with Gasteiger partial charge in [0.2, 0.25) is 0 Å². The fourth-order valence-corrected chi connectivity index (χ4v) is 3.13. The molecule has 0 aromatic heterocycles. The Morgan fingerprint density at radius 1 is 1.33 bits per heavy atom. The molecule has 2 heteroatoms. The third kappa shape index (κ3) is 3.49. The molecular weight excluding hydrogens is 242 g/mol. The molecule has 0 radical (unpaired) electrons. The first-order valence-corrected chi connectivity index (χ1v) is 7.39. The van der Waals surface area contributed by atoms with Gasteiger partial charge in [-0.3, -0.25) is 0 Å². The molecule has 2 unspecified atom stereocenters. The zero-order valence-corrected chi connectivity index (χ0v) is 12.4. The topological polar surface area (TPSA) is 12.0 Å². The standard InChI is InChI=1S/C16H24ClN/c1-4-15(12-5-7-13(17)8-6-12)18-14-9-10-16(2,3)11-14/h5-8,14-15,18H,4,9-11H2,1-3H3. The summed E-state index contributed by atoms with van der Waals surface area (Å²) >= 11 is 5.95. The number of benzene rings is 1. The Morgan fingerprint density at radius 2 is 2.00 bits per heavy atom. The molecule has 0 spiro atoms. The number of nitrogens with one attached hydrogen (secondary N) is 1. The lowest BCUT2D eigenvalue weighted by atomic mass is 9.91. The van der Waals surface area contributed by atoms with Crippen molar-refractivity contribution in [2.75, 3.05) is 0 Å². The van der Waals surface area contributed by atoms with Gasteiger partial charge in [-0.15, -0.1) is 0 Å². The molecule has 0 saturated heterocycles. The van der Waals surface area contributed by atoms with Gasteiger partial charge in [0.05, 0.1) is 0 Å². The zero-order chi connectivity index (χ0) is 13.2. The second-order valence-corrected chi connectivity index (χ2v) is 6.72. The van der Waals surface area contributed by atoms with Crippen molar-refractivity contribution in [2.24, 2.45) is 5.41 Å². The van der Waals surface area contributed by atoms with Crippen molar-refractivity contribution in [3.8, 4) is 0 Å². The van der Waals surface area contributed by atoms with Crippen LogP contribution in [0.3, 0.4) is 0 Å². The van der Waals surface area contributed by atoms with E-state index in [1.54, 1.807) is 0 Å². The Morgan fingerprint density at radius 3 is 2.50 bits per heavy atom. The fourth-order valence-electron chi connectivity index (χ4n) is 3.01. The molecule has 2 rings (SSSR count). The zero-order valence-electron chi connectivity index (χ0n) is 11.7. The minimum atomic E-state index is 0.459. The molecule has 2 atom stereocenters. The summed E-state index contributed by atoms with van der Waals surface area (Å²) in [5.74, 6) is 0. The van der Waals surface area contributed by atoms with Gasteiger partial charge in [-0.1, -0.05) is 44.5 Å². The molecule has 1 aromatic carbocycles. The number of hydrogen-bond donors (Lipinski definition) is 1. The summed E-state index contributed by atoms with van der Waals surface area (Å²) in [5.41, 5.74) is 1.86. The SMILES string of the molecule is CCC(NC1CCC(C)(C)C1)c1ccc(Cl)cc1. The maximum absolute atomic E-state index is 5.95. The van der Waals surface area contributed by atoms with Crippen molar-refractivity contribution < 1.29 is 0 Å². The Bertz CT molecular complexity index is 383. The summed E-state index contributed by atoms with van der Waals surface area (Å²) in [7, 11) is 0. The summed E-state index contributed by atoms with van der Waals surface area (Å²) < 4.78 is 0. The Kier molecular flexibility index (Phi) is 4.34. The van der Waals surface area contributed by atoms with E-state index in [1.807, 2.05) is 12.1 Å². The highest BCUT2D eigenvalue weighted by Gasteiger charge is 2.31. The molecule has 18 heavy (non-hydrogen) atoms. The number of halogens is 1. The van der Waals surface area contributed by atoms with Gasteiger partial charge < -0.3 is 5.32 Å². The molecule has 0 aliphatic heterocycles. The minimum absolute atomic E-state index is 0.459. The molecule has 1 saturated carbocycles. The molecule has 1 fully saturated rings. The summed E-state index contributed by atoms with van der Waals surface area (Å²) in [6.07, 6.45) is 5.05. The molecule has 0 amide bonds. The van der Waals surface area contributed by atoms with Gasteiger partial charge in [0, 0.05) is 17.1 Å². The van der Waals surface area contributed by atoms with Crippen molar-refractivity contribution in [1.29, 1.82) is 0 Å². The fraction of sp³-hybridized carbons (Fsp3) is 0.625. The van der Waals surface area contributed by atoms with Crippen LogP contribution in [0, 0.1) is 5.41 Å². The highest BCUT2D eigenvalue weighted by Crippen LogP contribution is 2.38. The van der Waals surface area contributed by atoms with Gasteiger partial charge >= 0.3 is 0 Å². The molecular formula is C16H24ClN. The van der Waals surface area contributed by atoms with Crippen molar-refractivity contribution in [1.82, 2.24) is 5.32 Å². The van der Waals surface area contributed by atoms with Crippen LogP contribution in [-0.2, 0) is 0 Å². The van der Waals surface area contributed by atoms with E-state index in [0.29, 0.717) is 17.5 Å². The van der Waals surface area contributed by atoms with Crippen LogP contribution in [0.25, 0.3) is 0 Å². The molecule has 1 aliphatic rings.